The number of aromatic nitrogens is 1. The second-order valence-corrected chi connectivity index (χ2v) is 11.0. The first-order valence-corrected chi connectivity index (χ1v) is 13.0. The third-order valence-electron chi connectivity index (χ3n) is 6.51. The van der Waals surface area contributed by atoms with Crippen molar-refractivity contribution in [3.8, 4) is 6.07 Å². The van der Waals surface area contributed by atoms with Gasteiger partial charge in [0.25, 0.3) is 0 Å². The number of carbonyl (C=O) groups excluding carboxylic acids is 1. The molecule has 0 unspecified atom stereocenters. The van der Waals surface area contributed by atoms with Gasteiger partial charge in [0.1, 0.15) is 0 Å². The summed E-state index contributed by atoms with van der Waals surface area (Å²) in [5, 5.41) is 12.0. The molecule has 1 aliphatic rings. The molecule has 34 heavy (non-hydrogen) atoms. The number of allylic oxidation sites excluding steroid dienone is 1. The number of hydrogen-bond donors (Lipinski definition) is 2. The molecule has 3 atom stereocenters. The molecule has 1 aliphatic carbocycles. The van der Waals surface area contributed by atoms with Crippen LogP contribution in [0.2, 0.25) is 0 Å². The lowest BCUT2D eigenvalue weighted by Gasteiger charge is -2.37. The zero-order chi connectivity index (χ0) is 24.7. The van der Waals surface area contributed by atoms with Crippen molar-refractivity contribution in [1.82, 2.24) is 15.0 Å². The normalized spacial score (nSPS) is 20.4. The SMILES string of the molecule is CC1=C[C@@H](CNS(=O)(=O)c2cccc(C#N)c2)[C@H](C(C)C)C[C@H]1CC(=O)NCc1cccnc1. The topological polar surface area (TPSA) is 112 Å². The van der Waals surface area contributed by atoms with Gasteiger partial charge in [-0.2, -0.15) is 5.26 Å². The van der Waals surface area contributed by atoms with E-state index in [0.29, 0.717) is 24.4 Å². The Morgan fingerprint density at radius 2 is 2.06 bits per heavy atom. The molecule has 2 N–H and O–H groups in total. The lowest BCUT2D eigenvalue weighted by molar-refractivity contribution is -0.122. The smallest absolute Gasteiger partial charge is 0.240 e. The first-order valence-electron chi connectivity index (χ1n) is 11.5. The minimum atomic E-state index is -3.72. The molecule has 1 aromatic carbocycles. The van der Waals surface area contributed by atoms with E-state index < -0.39 is 10.0 Å². The van der Waals surface area contributed by atoms with E-state index >= 15 is 0 Å². The van der Waals surface area contributed by atoms with Crippen LogP contribution in [-0.4, -0.2) is 25.9 Å². The third-order valence-corrected chi connectivity index (χ3v) is 7.93. The van der Waals surface area contributed by atoms with E-state index in [1.807, 2.05) is 25.1 Å². The monoisotopic (exact) mass is 480 g/mol. The summed E-state index contributed by atoms with van der Waals surface area (Å²) < 4.78 is 28.3. The largest absolute Gasteiger partial charge is 0.352 e. The second-order valence-electron chi connectivity index (χ2n) is 9.25. The maximum Gasteiger partial charge on any atom is 0.240 e. The first kappa shape index (κ1) is 25.6. The molecule has 0 radical (unpaired) electrons. The van der Waals surface area contributed by atoms with Crippen LogP contribution in [0.3, 0.4) is 0 Å². The molecule has 0 fully saturated rings. The highest BCUT2D eigenvalue weighted by atomic mass is 32.2. The van der Waals surface area contributed by atoms with Crippen LogP contribution in [0.4, 0.5) is 0 Å². The van der Waals surface area contributed by atoms with Crippen LogP contribution < -0.4 is 10.0 Å². The van der Waals surface area contributed by atoms with Crippen molar-refractivity contribution < 1.29 is 13.2 Å². The van der Waals surface area contributed by atoms with Crippen LogP contribution in [0.1, 0.15) is 44.7 Å². The molecule has 1 amide bonds. The molecule has 0 aliphatic heterocycles. The number of nitrogens with zero attached hydrogens (tertiary/aromatic N) is 2. The Balaban J connectivity index is 1.64. The Morgan fingerprint density at radius 1 is 1.26 bits per heavy atom. The Hall–Kier alpha value is -3.02. The summed E-state index contributed by atoms with van der Waals surface area (Å²) in [5.41, 5.74) is 2.38. The van der Waals surface area contributed by atoms with Gasteiger partial charge in [0.2, 0.25) is 15.9 Å². The highest BCUT2D eigenvalue weighted by Gasteiger charge is 2.33. The Bertz CT molecular complexity index is 1170. The lowest BCUT2D eigenvalue weighted by atomic mass is 9.70. The summed E-state index contributed by atoms with van der Waals surface area (Å²) in [6, 6.07) is 11.8. The maximum atomic E-state index is 12.8. The van der Waals surface area contributed by atoms with Gasteiger partial charge < -0.3 is 5.32 Å². The molecular weight excluding hydrogens is 448 g/mol. The molecular formula is C26H32N4O3S. The van der Waals surface area contributed by atoms with Crippen LogP contribution in [-0.2, 0) is 21.4 Å². The van der Waals surface area contributed by atoms with Gasteiger partial charge in [-0.15, -0.1) is 0 Å². The zero-order valence-corrected chi connectivity index (χ0v) is 20.7. The van der Waals surface area contributed by atoms with Gasteiger partial charge in [-0.25, -0.2) is 13.1 Å². The Labute approximate surface area is 202 Å². The van der Waals surface area contributed by atoms with E-state index in [4.69, 9.17) is 5.26 Å². The van der Waals surface area contributed by atoms with Gasteiger partial charge in [-0.05, 0) is 66.8 Å². The molecule has 2 aromatic rings. The number of benzene rings is 1. The summed E-state index contributed by atoms with van der Waals surface area (Å²) in [5.74, 6) is 0.737. The fraction of sp³-hybridized carbons (Fsp3) is 0.423. The number of nitrogens with one attached hydrogen (secondary N) is 2. The van der Waals surface area contributed by atoms with Crippen LogP contribution >= 0.6 is 0 Å². The van der Waals surface area contributed by atoms with E-state index in [-0.39, 0.29) is 35.1 Å². The Kier molecular flexibility index (Phi) is 8.59. The summed E-state index contributed by atoms with van der Waals surface area (Å²) in [6.45, 7) is 7.02. The molecule has 3 rings (SSSR count). The van der Waals surface area contributed by atoms with Crippen LogP contribution in [0.15, 0.2) is 65.3 Å². The number of pyridine rings is 1. The molecule has 1 heterocycles. The average molecular weight is 481 g/mol. The number of amides is 1. The summed E-state index contributed by atoms with van der Waals surface area (Å²) in [4.78, 5) is 16.7. The number of sulfonamides is 1. The van der Waals surface area contributed by atoms with E-state index in [1.165, 1.54) is 12.1 Å². The standard InChI is InChI=1S/C26H32N4O3S/c1-18(2)25-12-22(13-26(31)29-16-21-7-5-9-28-15-21)19(3)10-23(25)17-30-34(32,33)24-8-4-6-20(11-24)14-27/h4-11,15,18,22-23,25,30H,12-13,16-17H2,1-3H3,(H,29,31)/t22-,23-,25-/m0/s1. The van der Waals surface area contributed by atoms with Gasteiger partial charge >= 0.3 is 0 Å². The number of hydrogen-bond acceptors (Lipinski definition) is 5. The minimum absolute atomic E-state index is 0.000589. The number of nitriles is 1. The van der Waals surface area contributed by atoms with E-state index in [1.54, 1.807) is 24.5 Å². The van der Waals surface area contributed by atoms with Crippen molar-refractivity contribution in [2.75, 3.05) is 6.54 Å². The van der Waals surface area contributed by atoms with Crippen LogP contribution in [0, 0.1) is 35.0 Å². The maximum absolute atomic E-state index is 12.8. The molecule has 0 saturated carbocycles. The summed E-state index contributed by atoms with van der Waals surface area (Å²) in [7, 11) is -3.72. The van der Waals surface area contributed by atoms with Crippen molar-refractivity contribution in [1.29, 1.82) is 5.26 Å². The zero-order valence-electron chi connectivity index (χ0n) is 19.9. The quantitative estimate of drug-likeness (QED) is 0.530. The molecule has 7 nitrogen and oxygen atoms in total. The van der Waals surface area contributed by atoms with Gasteiger partial charge in [0, 0.05) is 31.9 Å². The molecule has 0 bridgehead atoms. The number of carbonyl (C=O) groups is 1. The first-order chi connectivity index (χ1) is 16.2. The third kappa shape index (κ3) is 6.75. The van der Waals surface area contributed by atoms with Gasteiger partial charge in [0.15, 0.2) is 0 Å². The van der Waals surface area contributed by atoms with Crippen molar-refractivity contribution in [2.24, 2.45) is 23.7 Å². The second kappa shape index (κ2) is 11.4. The van der Waals surface area contributed by atoms with Gasteiger partial charge in [-0.3, -0.25) is 9.78 Å². The van der Waals surface area contributed by atoms with Gasteiger partial charge in [-0.1, -0.05) is 37.6 Å². The minimum Gasteiger partial charge on any atom is -0.352 e. The van der Waals surface area contributed by atoms with E-state index in [0.717, 1.165) is 17.6 Å². The summed E-state index contributed by atoms with van der Waals surface area (Å²) >= 11 is 0. The fourth-order valence-corrected chi connectivity index (χ4v) is 5.65. The van der Waals surface area contributed by atoms with Crippen molar-refractivity contribution in [3.05, 3.63) is 71.6 Å². The average Bonchev–Trinajstić information content (AvgIpc) is 2.83. The predicted molar refractivity (Wildman–Crippen MR) is 131 cm³/mol. The molecule has 0 spiro atoms. The lowest BCUT2D eigenvalue weighted by Crippen LogP contribution is -2.37. The fourth-order valence-electron chi connectivity index (χ4n) is 4.53. The predicted octanol–water partition coefficient (Wildman–Crippen LogP) is 3.79. The van der Waals surface area contributed by atoms with Crippen molar-refractivity contribution in [2.45, 2.75) is 45.1 Å². The highest BCUT2D eigenvalue weighted by molar-refractivity contribution is 7.89. The van der Waals surface area contributed by atoms with E-state index in [2.05, 4.69) is 34.9 Å². The van der Waals surface area contributed by atoms with Crippen molar-refractivity contribution in [3.63, 3.8) is 0 Å². The molecule has 180 valence electrons. The summed E-state index contributed by atoms with van der Waals surface area (Å²) in [6.07, 6.45) is 6.81. The van der Waals surface area contributed by atoms with E-state index in [9.17, 15) is 13.2 Å². The number of rotatable bonds is 9. The van der Waals surface area contributed by atoms with Crippen LogP contribution in [0.25, 0.3) is 0 Å². The van der Waals surface area contributed by atoms with Crippen LogP contribution in [0.5, 0.6) is 0 Å². The Morgan fingerprint density at radius 3 is 2.74 bits per heavy atom. The van der Waals surface area contributed by atoms with Crippen molar-refractivity contribution >= 4 is 15.9 Å². The van der Waals surface area contributed by atoms with Gasteiger partial charge in [0.05, 0.1) is 16.5 Å². The highest BCUT2D eigenvalue weighted by Crippen LogP contribution is 2.38. The molecule has 8 heteroatoms. The molecule has 0 saturated heterocycles. The molecule has 1 aromatic heterocycles.